The van der Waals surface area contributed by atoms with E-state index < -0.39 is 29.7 Å². The molecule has 0 aliphatic carbocycles. The summed E-state index contributed by atoms with van der Waals surface area (Å²) in [6, 6.07) is 2.33. The van der Waals surface area contributed by atoms with Crippen LogP contribution in [0, 0.1) is 11.6 Å². The van der Waals surface area contributed by atoms with Gasteiger partial charge in [-0.15, -0.1) is 0 Å². The number of carbonyl (C=O) groups is 1. The number of aliphatic hydroxyl groups is 1. The summed E-state index contributed by atoms with van der Waals surface area (Å²) in [7, 11) is 0. The fourth-order valence-electron chi connectivity index (χ4n) is 3.24. The zero-order valence-corrected chi connectivity index (χ0v) is 13.0. The summed E-state index contributed by atoms with van der Waals surface area (Å²) in [5, 5.41) is 10.0. The van der Waals surface area contributed by atoms with Gasteiger partial charge in [-0.3, -0.25) is 4.79 Å². The van der Waals surface area contributed by atoms with Gasteiger partial charge in [0.15, 0.2) is 11.3 Å². The first-order valence-electron chi connectivity index (χ1n) is 7.76. The van der Waals surface area contributed by atoms with Gasteiger partial charge in [0.25, 0.3) is 5.91 Å². The summed E-state index contributed by atoms with van der Waals surface area (Å²) < 4.78 is 29.4. The van der Waals surface area contributed by atoms with Crippen molar-refractivity contribution in [1.29, 1.82) is 0 Å². The normalized spacial score (nSPS) is 20.4. The molecule has 3 heterocycles. The number of β-amino-alcohol motifs (C(OH)–C–C–N with tert-alkyl or cyclic N) is 1. The number of benzene rings is 1. The minimum atomic E-state index is -0.823. The number of nitrogens with zero attached hydrogens (tertiary/aromatic N) is 4. The standard InChI is InChI=1S/C17H14F2N4O2/c18-10-1-2-13(19)12(7-10)14-8-11(24)9-23(14)17(25)15-16-21-4-6-22(16)5-3-20-15/h1-7,11,14,24H,8-9H2/t11-,14+/m1/s1. The van der Waals surface area contributed by atoms with Crippen molar-refractivity contribution in [2.45, 2.75) is 18.6 Å². The molecule has 1 saturated heterocycles. The SMILES string of the molecule is O=C(c1nccn2ccnc12)N1C[C@H](O)C[C@H]1c1cc(F)ccc1F. The van der Waals surface area contributed by atoms with Crippen LogP contribution in [-0.4, -0.2) is 42.9 Å². The first-order valence-corrected chi connectivity index (χ1v) is 7.76. The molecule has 1 amide bonds. The summed E-state index contributed by atoms with van der Waals surface area (Å²) in [4.78, 5) is 22.5. The van der Waals surface area contributed by atoms with E-state index in [0.29, 0.717) is 5.65 Å². The van der Waals surface area contributed by atoms with Crippen LogP contribution in [0.2, 0.25) is 0 Å². The zero-order chi connectivity index (χ0) is 17.6. The second-order valence-electron chi connectivity index (χ2n) is 5.96. The van der Waals surface area contributed by atoms with E-state index in [1.165, 1.54) is 17.3 Å². The predicted octanol–water partition coefficient (Wildman–Crippen LogP) is 1.96. The highest BCUT2D eigenvalue weighted by molar-refractivity contribution is 5.98. The minimum Gasteiger partial charge on any atom is -0.391 e. The molecule has 4 rings (SSSR count). The van der Waals surface area contributed by atoms with Crippen LogP contribution in [0.1, 0.15) is 28.5 Å². The monoisotopic (exact) mass is 344 g/mol. The van der Waals surface area contributed by atoms with Gasteiger partial charge in [-0.05, 0) is 24.6 Å². The van der Waals surface area contributed by atoms with Crippen LogP contribution < -0.4 is 0 Å². The number of hydrogen-bond donors (Lipinski definition) is 1. The maximum absolute atomic E-state index is 14.2. The van der Waals surface area contributed by atoms with Crippen LogP contribution in [0.4, 0.5) is 8.78 Å². The molecular weight excluding hydrogens is 330 g/mol. The Morgan fingerprint density at radius 2 is 1.96 bits per heavy atom. The maximum atomic E-state index is 14.2. The number of amides is 1. The number of likely N-dealkylation sites (tertiary alicyclic amines) is 1. The molecule has 8 heteroatoms. The van der Waals surface area contributed by atoms with Gasteiger partial charge >= 0.3 is 0 Å². The highest BCUT2D eigenvalue weighted by Gasteiger charge is 2.38. The quantitative estimate of drug-likeness (QED) is 0.771. The predicted molar refractivity (Wildman–Crippen MR) is 83.7 cm³/mol. The molecule has 1 aliphatic rings. The lowest BCUT2D eigenvalue weighted by molar-refractivity contribution is 0.0709. The van der Waals surface area contributed by atoms with E-state index in [0.717, 1.165) is 18.2 Å². The highest BCUT2D eigenvalue weighted by Crippen LogP contribution is 2.35. The van der Waals surface area contributed by atoms with Gasteiger partial charge in [0, 0.05) is 36.9 Å². The molecule has 2 atom stereocenters. The largest absolute Gasteiger partial charge is 0.391 e. The van der Waals surface area contributed by atoms with Gasteiger partial charge in [-0.2, -0.15) is 0 Å². The molecule has 0 bridgehead atoms. The van der Waals surface area contributed by atoms with Crippen LogP contribution in [0.25, 0.3) is 5.65 Å². The maximum Gasteiger partial charge on any atom is 0.276 e. The number of carbonyl (C=O) groups excluding carboxylic acids is 1. The average Bonchev–Trinajstić information content (AvgIpc) is 3.22. The fraction of sp³-hybridized carbons (Fsp3) is 0.235. The Balaban J connectivity index is 1.76. The van der Waals surface area contributed by atoms with E-state index in [-0.39, 0.29) is 24.2 Å². The van der Waals surface area contributed by atoms with Crippen LogP contribution >= 0.6 is 0 Å². The molecule has 0 spiro atoms. The first kappa shape index (κ1) is 15.6. The molecule has 6 nitrogen and oxygen atoms in total. The summed E-state index contributed by atoms with van der Waals surface area (Å²) in [6.45, 7) is 0.0168. The summed E-state index contributed by atoms with van der Waals surface area (Å²) >= 11 is 0. The van der Waals surface area contributed by atoms with Crippen LogP contribution in [-0.2, 0) is 0 Å². The number of hydrogen-bond acceptors (Lipinski definition) is 4. The molecule has 25 heavy (non-hydrogen) atoms. The molecule has 2 aromatic heterocycles. The number of halogens is 2. The number of fused-ring (bicyclic) bond motifs is 1. The van der Waals surface area contributed by atoms with Crippen molar-refractivity contribution in [1.82, 2.24) is 19.3 Å². The molecule has 0 radical (unpaired) electrons. The number of aliphatic hydroxyl groups excluding tert-OH is 1. The third-order valence-corrected chi connectivity index (χ3v) is 4.37. The third kappa shape index (κ3) is 2.64. The molecule has 1 fully saturated rings. The van der Waals surface area contributed by atoms with E-state index >= 15 is 0 Å². The van der Waals surface area contributed by atoms with Gasteiger partial charge < -0.3 is 14.4 Å². The Morgan fingerprint density at radius 1 is 1.20 bits per heavy atom. The molecule has 0 unspecified atom stereocenters. The molecule has 0 saturated carbocycles. The van der Waals surface area contributed by atoms with Crippen molar-refractivity contribution < 1.29 is 18.7 Å². The van der Waals surface area contributed by atoms with Crippen LogP contribution in [0.3, 0.4) is 0 Å². The Hall–Kier alpha value is -2.87. The van der Waals surface area contributed by atoms with Crippen molar-refractivity contribution in [2.75, 3.05) is 6.54 Å². The van der Waals surface area contributed by atoms with Gasteiger partial charge in [-0.1, -0.05) is 0 Å². The molecule has 1 aliphatic heterocycles. The molecule has 128 valence electrons. The number of aromatic nitrogens is 3. The van der Waals surface area contributed by atoms with E-state index in [2.05, 4.69) is 9.97 Å². The molecule has 1 aromatic carbocycles. The second kappa shape index (κ2) is 5.89. The van der Waals surface area contributed by atoms with Gasteiger partial charge in [0.2, 0.25) is 0 Å². The third-order valence-electron chi connectivity index (χ3n) is 4.37. The Labute approximate surface area is 141 Å². The molecular formula is C17H14F2N4O2. The summed E-state index contributed by atoms with van der Waals surface area (Å²) in [5.41, 5.74) is 0.510. The Kier molecular flexibility index (Phi) is 3.69. The topological polar surface area (TPSA) is 70.7 Å². The van der Waals surface area contributed by atoms with Crippen molar-refractivity contribution in [3.63, 3.8) is 0 Å². The summed E-state index contributed by atoms with van der Waals surface area (Å²) in [6.07, 6.45) is 5.64. The van der Waals surface area contributed by atoms with Crippen molar-refractivity contribution in [2.24, 2.45) is 0 Å². The summed E-state index contributed by atoms with van der Waals surface area (Å²) in [5.74, 6) is -1.70. The van der Waals surface area contributed by atoms with E-state index in [9.17, 15) is 18.7 Å². The van der Waals surface area contributed by atoms with E-state index in [1.807, 2.05) is 0 Å². The van der Waals surface area contributed by atoms with Gasteiger partial charge in [-0.25, -0.2) is 18.7 Å². The second-order valence-corrected chi connectivity index (χ2v) is 5.96. The van der Waals surface area contributed by atoms with E-state index in [1.54, 1.807) is 16.8 Å². The van der Waals surface area contributed by atoms with Crippen molar-refractivity contribution in [3.8, 4) is 0 Å². The average molecular weight is 344 g/mol. The van der Waals surface area contributed by atoms with Crippen LogP contribution in [0.5, 0.6) is 0 Å². The Bertz CT molecular complexity index is 959. The lowest BCUT2D eigenvalue weighted by atomic mass is 10.0. The smallest absolute Gasteiger partial charge is 0.276 e. The lowest BCUT2D eigenvalue weighted by Gasteiger charge is -2.24. The van der Waals surface area contributed by atoms with Crippen molar-refractivity contribution in [3.05, 3.63) is 65.9 Å². The molecule has 3 aromatic rings. The first-order chi connectivity index (χ1) is 12.0. The number of rotatable bonds is 2. The van der Waals surface area contributed by atoms with Gasteiger partial charge in [0.05, 0.1) is 12.1 Å². The fourth-order valence-corrected chi connectivity index (χ4v) is 3.24. The van der Waals surface area contributed by atoms with E-state index in [4.69, 9.17) is 0 Å². The Morgan fingerprint density at radius 3 is 2.76 bits per heavy atom. The van der Waals surface area contributed by atoms with Gasteiger partial charge in [0.1, 0.15) is 11.6 Å². The van der Waals surface area contributed by atoms with Crippen molar-refractivity contribution >= 4 is 11.6 Å². The van der Waals surface area contributed by atoms with Crippen LogP contribution in [0.15, 0.2) is 43.0 Å². The lowest BCUT2D eigenvalue weighted by Crippen LogP contribution is -2.33. The number of imidazole rings is 1. The zero-order valence-electron chi connectivity index (χ0n) is 13.0. The highest BCUT2D eigenvalue weighted by atomic mass is 19.1. The molecule has 1 N–H and O–H groups in total. The minimum absolute atomic E-state index is 0.0168.